The minimum atomic E-state index is -0.794. The third kappa shape index (κ3) is 5.09. The molecule has 1 N–H and O–H groups in total. The number of hydrazone groups is 1. The van der Waals surface area contributed by atoms with Crippen molar-refractivity contribution >= 4 is 40.5 Å². The SMILES string of the molecule is COc1ccc([C@@H]2[C@H](C#N)C(C(=O)NN3CCCCCC3)=NN2c2ccc(Cl)cc2Cl)cc1. The van der Waals surface area contributed by atoms with E-state index in [4.69, 9.17) is 27.9 Å². The van der Waals surface area contributed by atoms with Gasteiger partial charge in [0.1, 0.15) is 17.4 Å². The molecule has 0 bridgehead atoms. The summed E-state index contributed by atoms with van der Waals surface area (Å²) in [5, 5.41) is 19.2. The van der Waals surface area contributed by atoms with Gasteiger partial charge < -0.3 is 4.74 Å². The Labute approximate surface area is 203 Å². The van der Waals surface area contributed by atoms with Gasteiger partial charge in [0.15, 0.2) is 0 Å². The second-order valence-corrected chi connectivity index (χ2v) is 8.94. The molecule has 1 fully saturated rings. The van der Waals surface area contributed by atoms with Crippen LogP contribution in [0.4, 0.5) is 5.69 Å². The minimum absolute atomic E-state index is 0.161. The second-order valence-electron chi connectivity index (χ2n) is 8.09. The maximum absolute atomic E-state index is 13.3. The zero-order chi connectivity index (χ0) is 23.4. The molecule has 9 heteroatoms. The number of hydrogen-bond acceptors (Lipinski definition) is 6. The minimum Gasteiger partial charge on any atom is -0.497 e. The number of carbonyl (C=O) groups excluding carboxylic acids is 1. The first-order valence-corrected chi connectivity index (χ1v) is 11.7. The fourth-order valence-corrected chi connectivity index (χ4v) is 4.73. The summed E-state index contributed by atoms with van der Waals surface area (Å²) in [7, 11) is 1.59. The Morgan fingerprint density at radius 2 is 1.82 bits per heavy atom. The molecule has 4 rings (SSSR count). The van der Waals surface area contributed by atoms with E-state index >= 15 is 0 Å². The number of carbonyl (C=O) groups is 1. The summed E-state index contributed by atoms with van der Waals surface area (Å²) in [4.78, 5) is 13.3. The van der Waals surface area contributed by atoms with E-state index < -0.39 is 12.0 Å². The third-order valence-corrected chi connectivity index (χ3v) is 6.48. The molecule has 2 heterocycles. The molecule has 0 aromatic heterocycles. The number of nitrogens with zero attached hydrogens (tertiary/aromatic N) is 4. The highest BCUT2D eigenvalue weighted by Gasteiger charge is 2.43. The molecule has 0 radical (unpaired) electrons. The van der Waals surface area contributed by atoms with Crippen molar-refractivity contribution in [1.82, 2.24) is 10.4 Å². The van der Waals surface area contributed by atoms with Crippen LogP contribution in [-0.2, 0) is 4.79 Å². The number of anilines is 1. The zero-order valence-corrected chi connectivity index (χ0v) is 19.8. The molecule has 0 spiro atoms. The lowest BCUT2D eigenvalue weighted by molar-refractivity contribution is -0.119. The summed E-state index contributed by atoms with van der Waals surface area (Å²) in [5.41, 5.74) is 4.51. The number of hydrogen-bond donors (Lipinski definition) is 1. The Kier molecular flexibility index (Phi) is 7.39. The number of nitriles is 1. The number of benzene rings is 2. The van der Waals surface area contributed by atoms with Crippen LogP contribution in [0, 0.1) is 17.2 Å². The molecule has 33 heavy (non-hydrogen) atoms. The topological polar surface area (TPSA) is 81.0 Å². The summed E-state index contributed by atoms with van der Waals surface area (Å²) in [6, 6.07) is 14.2. The first kappa shape index (κ1) is 23.4. The zero-order valence-electron chi connectivity index (χ0n) is 18.3. The number of hydrazine groups is 1. The van der Waals surface area contributed by atoms with E-state index in [1.807, 2.05) is 29.3 Å². The molecule has 0 saturated carbocycles. The lowest BCUT2D eigenvalue weighted by Gasteiger charge is -2.26. The fraction of sp³-hybridized carbons (Fsp3) is 0.375. The van der Waals surface area contributed by atoms with Crippen molar-refractivity contribution < 1.29 is 9.53 Å². The summed E-state index contributed by atoms with van der Waals surface area (Å²) in [6.45, 7) is 1.57. The molecule has 2 aromatic rings. The van der Waals surface area contributed by atoms with E-state index in [2.05, 4.69) is 16.6 Å². The molecular formula is C24H25Cl2N5O2. The largest absolute Gasteiger partial charge is 0.497 e. The number of nitrogens with one attached hydrogen (secondary N) is 1. The molecule has 1 amide bonds. The van der Waals surface area contributed by atoms with Crippen LogP contribution >= 0.6 is 23.2 Å². The Hall–Kier alpha value is -2.79. The van der Waals surface area contributed by atoms with Gasteiger partial charge in [-0.15, -0.1) is 0 Å². The van der Waals surface area contributed by atoms with Gasteiger partial charge in [-0.05, 0) is 48.7 Å². The van der Waals surface area contributed by atoms with Crippen LogP contribution in [0.15, 0.2) is 47.6 Å². The molecule has 7 nitrogen and oxygen atoms in total. The lowest BCUT2D eigenvalue weighted by atomic mass is 9.90. The summed E-state index contributed by atoms with van der Waals surface area (Å²) < 4.78 is 5.27. The molecule has 2 atom stereocenters. The summed E-state index contributed by atoms with van der Waals surface area (Å²) in [5.74, 6) is -0.465. The van der Waals surface area contributed by atoms with Crippen molar-refractivity contribution in [2.75, 3.05) is 25.2 Å². The summed E-state index contributed by atoms with van der Waals surface area (Å²) >= 11 is 12.6. The van der Waals surface area contributed by atoms with Crippen molar-refractivity contribution in [2.24, 2.45) is 11.0 Å². The molecule has 172 valence electrons. The predicted molar refractivity (Wildman–Crippen MR) is 129 cm³/mol. The number of ether oxygens (including phenoxy) is 1. The van der Waals surface area contributed by atoms with Crippen molar-refractivity contribution in [1.29, 1.82) is 5.26 Å². The highest BCUT2D eigenvalue weighted by atomic mass is 35.5. The number of methoxy groups -OCH3 is 1. The van der Waals surface area contributed by atoms with Gasteiger partial charge in [0.25, 0.3) is 5.91 Å². The predicted octanol–water partition coefficient (Wildman–Crippen LogP) is 4.97. The van der Waals surface area contributed by atoms with Gasteiger partial charge in [0.2, 0.25) is 0 Å². The first-order chi connectivity index (χ1) is 16.0. The van der Waals surface area contributed by atoms with Crippen LogP contribution < -0.4 is 15.2 Å². The van der Waals surface area contributed by atoms with Crippen LogP contribution in [0.25, 0.3) is 0 Å². The van der Waals surface area contributed by atoms with Gasteiger partial charge in [0, 0.05) is 18.1 Å². The molecule has 2 aliphatic rings. The molecule has 0 aliphatic carbocycles. The van der Waals surface area contributed by atoms with Crippen LogP contribution in [0.3, 0.4) is 0 Å². The molecule has 0 unspecified atom stereocenters. The summed E-state index contributed by atoms with van der Waals surface area (Å²) in [6.07, 6.45) is 4.35. The molecule has 1 saturated heterocycles. The Bertz CT molecular complexity index is 1080. The van der Waals surface area contributed by atoms with Gasteiger partial charge in [0.05, 0.1) is 29.9 Å². The van der Waals surface area contributed by atoms with Crippen molar-refractivity contribution in [3.05, 3.63) is 58.1 Å². The normalized spacial score (nSPS) is 21.2. The van der Waals surface area contributed by atoms with E-state index in [1.54, 1.807) is 30.3 Å². The Morgan fingerprint density at radius 3 is 2.42 bits per heavy atom. The molecular weight excluding hydrogens is 461 g/mol. The van der Waals surface area contributed by atoms with Crippen LogP contribution in [0.5, 0.6) is 5.75 Å². The van der Waals surface area contributed by atoms with E-state index in [0.717, 1.165) is 44.3 Å². The van der Waals surface area contributed by atoms with Gasteiger partial charge in [-0.2, -0.15) is 10.4 Å². The maximum atomic E-state index is 13.3. The van der Waals surface area contributed by atoms with Gasteiger partial charge in [-0.3, -0.25) is 15.2 Å². The highest BCUT2D eigenvalue weighted by Crippen LogP contribution is 2.42. The maximum Gasteiger partial charge on any atom is 0.283 e. The van der Waals surface area contributed by atoms with Crippen molar-refractivity contribution in [3.8, 4) is 11.8 Å². The lowest BCUT2D eigenvalue weighted by Crippen LogP contribution is -2.46. The van der Waals surface area contributed by atoms with Gasteiger partial charge in [-0.1, -0.05) is 48.2 Å². The van der Waals surface area contributed by atoms with Crippen LogP contribution in [0.2, 0.25) is 10.0 Å². The highest BCUT2D eigenvalue weighted by molar-refractivity contribution is 6.41. The van der Waals surface area contributed by atoms with Crippen molar-refractivity contribution in [3.63, 3.8) is 0 Å². The quantitative estimate of drug-likeness (QED) is 0.646. The average molecular weight is 486 g/mol. The smallest absolute Gasteiger partial charge is 0.283 e. The molecule has 2 aromatic carbocycles. The van der Waals surface area contributed by atoms with Crippen molar-refractivity contribution in [2.45, 2.75) is 31.7 Å². The van der Waals surface area contributed by atoms with Crippen LogP contribution in [-0.4, -0.2) is 36.8 Å². The second kappa shape index (κ2) is 10.4. The standard InChI is InChI=1S/C24H25Cl2N5O2/c1-33-18-9-6-16(7-10-18)23-19(15-27)22(24(32)29-30-12-4-2-3-5-13-30)28-31(23)21-11-8-17(25)14-20(21)26/h6-11,14,19,23H,2-5,12-13H2,1H3,(H,29,32)/t19-,23-/m1/s1. The third-order valence-electron chi connectivity index (χ3n) is 5.94. The fourth-order valence-electron chi connectivity index (χ4n) is 4.24. The number of halogens is 2. The van der Waals surface area contributed by atoms with Crippen LogP contribution in [0.1, 0.15) is 37.3 Å². The Morgan fingerprint density at radius 1 is 1.12 bits per heavy atom. The molecule has 2 aliphatic heterocycles. The monoisotopic (exact) mass is 485 g/mol. The van der Waals surface area contributed by atoms with E-state index in [9.17, 15) is 10.1 Å². The average Bonchev–Trinajstić information content (AvgIpc) is 3.01. The van der Waals surface area contributed by atoms with E-state index in [-0.39, 0.29) is 11.6 Å². The van der Waals surface area contributed by atoms with Gasteiger partial charge >= 0.3 is 0 Å². The Balaban J connectivity index is 1.71. The number of amides is 1. The van der Waals surface area contributed by atoms with E-state index in [1.165, 1.54) is 0 Å². The number of rotatable bonds is 5. The first-order valence-electron chi connectivity index (χ1n) is 10.9. The van der Waals surface area contributed by atoms with Gasteiger partial charge in [-0.25, -0.2) is 5.01 Å². The van der Waals surface area contributed by atoms with E-state index in [0.29, 0.717) is 21.5 Å².